The van der Waals surface area contributed by atoms with Gasteiger partial charge in [-0.05, 0) is 19.4 Å². The molecule has 2 aliphatic heterocycles. The van der Waals surface area contributed by atoms with E-state index in [1.807, 2.05) is 35.7 Å². The van der Waals surface area contributed by atoms with Gasteiger partial charge < -0.3 is 19.1 Å². The van der Waals surface area contributed by atoms with Crippen molar-refractivity contribution in [2.75, 3.05) is 33.3 Å². The van der Waals surface area contributed by atoms with Crippen LogP contribution in [0.5, 0.6) is 0 Å². The zero-order chi connectivity index (χ0) is 15.2. The number of hydrogen-bond donors (Lipinski definition) is 0. The van der Waals surface area contributed by atoms with E-state index >= 15 is 0 Å². The molecule has 2 aliphatic rings. The SMILES string of the molecule is Cc1c(C(=O)N2CC[C@@]3(CN(C)C(=O)CO3)C2)ccn1C. The van der Waals surface area contributed by atoms with Crippen LogP contribution in [-0.4, -0.2) is 65.1 Å². The molecule has 1 aromatic rings. The van der Waals surface area contributed by atoms with Gasteiger partial charge in [-0.3, -0.25) is 9.59 Å². The van der Waals surface area contributed by atoms with Crippen LogP contribution in [0.2, 0.25) is 0 Å². The van der Waals surface area contributed by atoms with E-state index in [9.17, 15) is 9.59 Å². The Morgan fingerprint density at radius 2 is 2.10 bits per heavy atom. The molecule has 3 rings (SSSR count). The third kappa shape index (κ3) is 2.33. The highest BCUT2D eigenvalue weighted by molar-refractivity contribution is 5.95. The van der Waals surface area contributed by atoms with Crippen LogP contribution < -0.4 is 0 Å². The summed E-state index contributed by atoms with van der Waals surface area (Å²) in [5, 5.41) is 0. The predicted octanol–water partition coefficient (Wildman–Crippen LogP) is 0.407. The third-order valence-electron chi connectivity index (χ3n) is 4.67. The molecule has 0 aliphatic carbocycles. The van der Waals surface area contributed by atoms with Gasteiger partial charge in [0.15, 0.2) is 0 Å². The lowest BCUT2D eigenvalue weighted by molar-refractivity contribution is -0.158. The van der Waals surface area contributed by atoms with Gasteiger partial charge in [-0.25, -0.2) is 0 Å². The minimum absolute atomic E-state index is 0.00399. The number of morpholine rings is 1. The molecule has 6 heteroatoms. The highest BCUT2D eigenvalue weighted by Crippen LogP contribution is 2.30. The van der Waals surface area contributed by atoms with Crippen LogP contribution in [0.3, 0.4) is 0 Å². The largest absolute Gasteiger partial charge is 0.361 e. The lowest BCUT2D eigenvalue weighted by Gasteiger charge is -2.38. The lowest BCUT2D eigenvalue weighted by Crippen LogP contribution is -2.54. The Labute approximate surface area is 124 Å². The second-order valence-electron chi connectivity index (χ2n) is 6.12. The number of rotatable bonds is 1. The number of aryl methyl sites for hydroxylation is 1. The average molecular weight is 291 g/mol. The fraction of sp³-hybridized carbons (Fsp3) is 0.600. The normalized spacial score (nSPS) is 26.0. The molecule has 21 heavy (non-hydrogen) atoms. The van der Waals surface area contributed by atoms with Crippen LogP contribution in [0.4, 0.5) is 0 Å². The maximum atomic E-state index is 12.6. The monoisotopic (exact) mass is 291 g/mol. The quantitative estimate of drug-likeness (QED) is 0.753. The molecule has 2 amide bonds. The summed E-state index contributed by atoms with van der Waals surface area (Å²) in [7, 11) is 3.72. The highest BCUT2D eigenvalue weighted by atomic mass is 16.5. The number of nitrogens with zero attached hydrogens (tertiary/aromatic N) is 3. The number of hydrogen-bond acceptors (Lipinski definition) is 3. The maximum Gasteiger partial charge on any atom is 0.255 e. The summed E-state index contributed by atoms with van der Waals surface area (Å²) in [4.78, 5) is 27.7. The molecular weight excluding hydrogens is 270 g/mol. The van der Waals surface area contributed by atoms with Gasteiger partial charge >= 0.3 is 0 Å². The maximum absolute atomic E-state index is 12.6. The first-order valence-corrected chi connectivity index (χ1v) is 7.21. The smallest absolute Gasteiger partial charge is 0.255 e. The Balaban J connectivity index is 1.74. The second kappa shape index (κ2) is 4.87. The molecule has 0 unspecified atom stereocenters. The predicted molar refractivity (Wildman–Crippen MR) is 77.0 cm³/mol. The summed E-state index contributed by atoms with van der Waals surface area (Å²) in [5.41, 5.74) is 1.33. The van der Waals surface area contributed by atoms with Gasteiger partial charge in [0, 0.05) is 32.5 Å². The van der Waals surface area contributed by atoms with Crippen LogP contribution >= 0.6 is 0 Å². The number of ether oxygens (including phenoxy) is 1. The first kappa shape index (κ1) is 14.1. The van der Waals surface area contributed by atoms with Crippen molar-refractivity contribution in [3.63, 3.8) is 0 Å². The zero-order valence-electron chi connectivity index (χ0n) is 12.8. The molecule has 0 aromatic carbocycles. The van der Waals surface area contributed by atoms with E-state index in [0.29, 0.717) is 19.6 Å². The van der Waals surface area contributed by atoms with Gasteiger partial charge in [-0.2, -0.15) is 0 Å². The number of amides is 2. The van der Waals surface area contributed by atoms with Crippen LogP contribution in [0.25, 0.3) is 0 Å². The third-order valence-corrected chi connectivity index (χ3v) is 4.67. The van der Waals surface area contributed by atoms with Gasteiger partial charge in [-0.1, -0.05) is 0 Å². The molecule has 3 heterocycles. The molecule has 6 nitrogen and oxygen atoms in total. The van der Waals surface area contributed by atoms with Gasteiger partial charge in [-0.15, -0.1) is 0 Å². The summed E-state index contributed by atoms with van der Waals surface area (Å²) in [6, 6.07) is 1.86. The number of carbonyl (C=O) groups is 2. The molecule has 2 fully saturated rings. The summed E-state index contributed by atoms with van der Waals surface area (Å²) < 4.78 is 7.72. The average Bonchev–Trinajstić information content (AvgIpc) is 3.00. The summed E-state index contributed by atoms with van der Waals surface area (Å²) >= 11 is 0. The van der Waals surface area contributed by atoms with E-state index < -0.39 is 0 Å². The van der Waals surface area contributed by atoms with E-state index in [-0.39, 0.29) is 24.0 Å². The van der Waals surface area contributed by atoms with Crippen molar-refractivity contribution in [3.05, 3.63) is 23.5 Å². The Bertz CT molecular complexity index is 595. The highest BCUT2D eigenvalue weighted by Gasteiger charge is 2.45. The lowest BCUT2D eigenvalue weighted by atomic mass is 10.0. The number of carbonyl (C=O) groups excluding carboxylic acids is 2. The standard InChI is InChI=1S/C15H21N3O3/c1-11-12(4-6-16(11)2)14(20)18-7-5-15(10-18)9-17(3)13(19)8-21-15/h4,6H,5,7-10H2,1-3H3/t15-/m1/s1. The first-order valence-electron chi connectivity index (χ1n) is 7.21. The molecule has 114 valence electrons. The van der Waals surface area contributed by atoms with Crippen LogP contribution in [-0.2, 0) is 16.6 Å². The molecule has 0 saturated carbocycles. The molecule has 0 bridgehead atoms. The fourth-order valence-corrected chi connectivity index (χ4v) is 3.16. The Kier molecular flexibility index (Phi) is 3.28. The number of likely N-dealkylation sites (tertiary alicyclic amines) is 1. The topological polar surface area (TPSA) is 54.8 Å². The second-order valence-corrected chi connectivity index (χ2v) is 6.12. The van der Waals surface area contributed by atoms with E-state index in [0.717, 1.165) is 17.7 Å². The van der Waals surface area contributed by atoms with Crippen molar-refractivity contribution in [1.29, 1.82) is 0 Å². The van der Waals surface area contributed by atoms with Crippen LogP contribution in [0.15, 0.2) is 12.3 Å². The zero-order valence-corrected chi connectivity index (χ0v) is 12.8. The van der Waals surface area contributed by atoms with Crippen LogP contribution in [0.1, 0.15) is 22.5 Å². The molecule has 0 N–H and O–H groups in total. The summed E-state index contributed by atoms with van der Waals surface area (Å²) in [6.45, 7) is 3.85. The molecule has 0 radical (unpaired) electrons. The van der Waals surface area contributed by atoms with E-state index in [4.69, 9.17) is 4.74 Å². The Hall–Kier alpha value is -1.82. The number of aromatic nitrogens is 1. The molecule has 1 aromatic heterocycles. The first-order chi connectivity index (χ1) is 9.92. The van der Waals surface area contributed by atoms with Gasteiger partial charge in [0.1, 0.15) is 12.2 Å². The Morgan fingerprint density at radius 3 is 2.71 bits per heavy atom. The summed E-state index contributed by atoms with van der Waals surface area (Å²) in [6.07, 6.45) is 2.68. The van der Waals surface area contributed by atoms with Crippen LogP contribution in [0, 0.1) is 6.92 Å². The molecule has 2 saturated heterocycles. The van der Waals surface area contributed by atoms with Gasteiger partial charge in [0.25, 0.3) is 5.91 Å². The van der Waals surface area contributed by atoms with E-state index in [1.54, 1.807) is 11.9 Å². The molecule has 1 atom stereocenters. The van der Waals surface area contributed by atoms with E-state index in [1.165, 1.54) is 0 Å². The van der Waals surface area contributed by atoms with Crippen molar-refractivity contribution >= 4 is 11.8 Å². The minimum Gasteiger partial charge on any atom is -0.361 e. The fourth-order valence-electron chi connectivity index (χ4n) is 3.16. The van der Waals surface area contributed by atoms with E-state index in [2.05, 4.69) is 0 Å². The number of likely N-dealkylation sites (N-methyl/N-ethyl adjacent to an activating group) is 1. The molecular formula is C15H21N3O3. The van der Waals surface area contributed by atoms with Gasteiger partial charge in [0.05, 0.1) is 18.7 Å². The van der Waals surface area contributed by atoms with Crippen molar-refractivity contribution in [1.82, 2.24) is 14.4 Å². The minimum atomic E-state index is -0.388. The summed E-state index contributed by atoms with van der Waals surface area (Å²) in [5.74, 6) is 0.0532. The van der Waals surface area contributed by atoms with Crippen molar-refractivity contribution in [2.24, 2.45) is 7.05 Å². The van der Waals surface area contributed by atoms with Crippen molar-refractivity contribution in [2.45, 2.75) is 18.9 Å². The van der Waals surface area contributed by atoms with Crippen molar-refractivity contribution < 1.29 is 14.3 Å². The Morgan fingerprint density at radius 1 is 1.33 bits per heavy atom. The van der Waals surface area contributed by atoms with Crippen molar-refractivity contribution in [3.8, 4) is 0 Å². The van der Waals surface area contributed by atoms with Gasteiger partial charge in [0.2, 0.25) is 5.91 Å². The molecule has 1 spiro atoms.